The van der Waals surface area contributed by atoms with Gasteiger partial charge in [-0.05, 0) is 0 Å². The molecule has 0 saturated heterocycles. The van der Waals surface area contributed by atoms with E-state index < -0.39 is 16.1 Å². The summed E-state index contributed by atoms with van der Waals surface area (Å²) in [5, 5.41) is 2.98. The largest absolute Gasteiger partial charge is 2.00 e. The second-order valence-corrected chi connectivity index (χ2v) is 17.0. The van der Waals surface area contributed by atoms with Gasteiger partial charge >= 0.3 is 21.1 Å². The molecule has 2 aliphatic rings. The van der Waals surface area contributed by atoms with Crippen molar-refractivity contribution in [2.24, 2.45) is 0 Å². The Morgan fingerprint density at radius 1 is 0.737 bits per heavy atom. The van der Waals surface area contributed by atoms with E-state index in [2.05, 4.69) is 75.7 Å². The van der Waals surface area contributed by atoms with Gasteiger partial charge in [-0.3, -0.25) is 12.2 Å². The molecule has 2 aliphatic carbocycles. The molecule has 0 heterocycles. The second kappa shape index (κ2) is 7.76. The molecular weight excluding hydrogens is 344 g/mol. The first-order chi connectivity index (χ1) is 8.21. The maximum absolute atomic E-state index is 3.36. The van der Waals surface area contributed by atoms with E-state index in [9.17, 15) is 0 Å². The van der Waals surface area contributed by atoms with Crippen LogP contribution < -0.4 is 0 Å². The Morgan fingerprint density at radius 2 is 1.05 bits per heavy atom. The fourth-order valence-electron chi connectivity index (χ4n) is 1.84. The fraction of sp³-hybridized carbons (Fsp3) is 0.500. The molecule has 0 N–H and O–H groups in total. The van der Waals surface area contributed by atoms with Crippen LogP contribution in [0, 0.1) is 12.2 Å². The van der Waals surface area contributed by atoms with Crippen LogP contribution in [0.3, 0.4) is 0 Å². The zero-order valence-electron chi connectivity index (χ0n) is 13.1. The van der Waals surface area contributed by atoms with Gasteiger partial charge in [0.25, 0.3) is 0 Å². The van der Waals surface area contributed by atoms with Gasteiger partial charge in [0.15, 0.2) is 0 Å². The quantitative estimate of drug-likeness (QED) is 0.468. The van der Waals surface area contributed by atoms with E-state index in [0.717, 1.165) is 12.8 Å². The average Bonchev–Trinajstić information content (AvgIpc) is 2.91. The van der Waals surface area contributed by atoms with Crippen molar-refractivity contribution in [3.8, 4) is 0 Å². The summed E-state index contributed by atoms with van der Waals surface area (Å²) in [6.07, 6.45) is 17.6. The number of allylic oxidation sites excluding steroid dienone is 8. The molecule has 19 heavy (non-hydrogen) atoms. The summed E-state index contributed by atoms with van der Waals surface area (Å²) in [4.78, 5) is 0. The van der Waals surface area contributed by atoms with Crippen LogP contribution in [-0.4, -0.2) is 16.1 Å². The fourth-order valence-corrected chi connectivity index (χ4v) is 4.34. The number of hydrogen-bond donors (Lipinski definition) is 0. The molecule has 0 fully saturated rings. The maximum Gasteiger partial charge on any atom is 2.00 e. The molecule has 0 spiro atoms. The Kier molecular flexibility index (Phi) is 7.79. The van der Waals surface area contributed by atoms with E-state index in [0.29, 0.717) is 0 Å². The summed E-state index contributed by atoms with van der Waals surface area (Å²) >= 11 is 0. The van der Waals surface area contributed by atoms with E-state index in [1.165, 1.54) is 10.4 Å². The standard InChI is InChI=1S/2C8H13Si.Mo/c2*1-9(2,3)8-6-4-5-7-8;/h2*4,6H,5H2,1-3H3;/q2*-1;+2. The number of hydrogen-bond acceptors (Lipinski definition) is 0. The molecule has 0 nitrogen and oxygen atoms in total. The minimum Gasteiger partial charge on any atom is -0.274 e. The van der Waals surface area contributed by atoms with E-state index in [-0.39, 0.29) is 21.1 Å². The summed E-state index contributed by atoms with van der Waals surface area (Å²) in [6.45, 7) is 14.1. The van der Waals surface area contributed by atoms with Gasteiger partial charge in [-0.25, -0.2) is 22.5 Å². The summed E-state index contributed by atoms with van der Waals surface area (Å²) in [5.41, 5.74) is 0. The predicted molar refractivity (Wildman–Crippen MR) is 87.7 cm³/mol. The van der Waals surface area contributed by atoms with Crippen molar-refractivity contribution in [1.82, 2.24) is 0 Å². The third-order valence-electron chi connectivity index (χ3n) is 3.01. The monoisotopic (exact) mass is 372 g/mol. The molecule has 0 amide bonds. The second-order valence-electron chi connectivity index (χ2n) is 6.89. The van der Waals surface area contributed by atoms with Crippen LogP contribution in [0.5, 0.6) is 0 Å². The van der Waals surface area contributed by atoms with E-state index in [4.69, 9.17) is 0 Å². The predicted octanol–water partition coefficient (Wildman–Crippen LogP) is 5.10. The Bertz CT molecular complexity index is 361. The van der Waals surface area contributed by atoms with Crippen molar-refractivity contribution in [3.63, 3.8) is 0 Å². The molecule has 0 bridgehead atoms. The molecule has 0 saturated carbocycles. The molecule has 0 aromatic heterocycles. The van der Waals surface area contributed by atoms with Crippen LogP contribution in [0.25, 0.3) is 0 Å². The zero-order valence-corrected chi connectivity index (χ0v) is 17.1. The first-order valence-electron chi connectivity index (χ1n) is 6.77. The van der Waals surface area contributed by atoms with Crippen molar-refractivity contribution < 1.29 is 21.1 Å². The number of rotatable bonds is 2. The van der Waals surface area contributed by atoms with Crippen LogP contribution >= 0.6 is 0 Å². The van der Waals surface area contributed by atoms with Crippen LogP contribution in [0.15, 0.2) is 34.7 Å². The van der Waals surface area contributed by atoms with Crippen LogP contribution in [0.2, 0.25) is 39.3 Å². The van der Waals surface area contributed by atoms with Gasteiger partial charge in [0, 0.05) is 16.1 Å². The van der Waals surface area contributed by atoms with E-state index in [1.54, 1.807) is 0 Å². The topological polar surface area (TPSA) is 0 Å². The van der Waals surface area contributed by atoms with Crippen molar-refractivity contribution in [3.05, 3.63) is 46.8 Å². The Hall–Kier alpha value is 0.0821. The smallest absolute Gasteiger partial charge is 0.274 e. The molecule has 104 valence electrons. The Labute approximate surface area is 136 Å². The van der Waals surface area contributed by atoms with Crippen molar-refractivity contribution in [2.75, 3.05) is 0 Å². The Morgan fingerprint density at radius 3 is 1.16 bits per heavy atom. The van der Waals surface area contributed by atoms with Crippen LogP contribution in [0.1, 0.15) is 12.8 Å². The van der Waals surface area contributed by atoms with Gasteiger partial charge in [-0.1, -0.05) is 39.3 Å². The van der Waals surface area contributed by atoms with Gasteiger partial charge in [0.05, 0.1) is 0 Å². The maximum atomic E-state index is 3.36. The first kappa shape index (κ1) is 19.1. The molecule has 0 aliphatic heterocycles. The van der Waals surface area contributed by atoms with Gasteiger partial charge in [0.2, 0.25) is 0 Å². The molecule has 3 heteroatoms. The first-order valence-corrected chi connectivity index (χ1v) is 13.8. The minimum atomic E-state index is -1.01. The molecule has 0 aromatic rings. The van der Waals surface area contributed by atoms with Gasteiger partial charge in [0.1, 0.15) is 0 Å². The van der Waals surface area contributed by atoms with Gasteiger partial charge < -0.3 is 0 Å². The molecule has 2 rings (SSSR count). The van der Waals surface area contributed by atoms with Gasteiger partial charge in [-0.2, -0.15) is 12.2 Å². The molecule has 0 aromatic carbocycles. The summed E-state index contributed by atoms with van der Waals surface area (Å²) in [6, 6.07) is 0. The van der Waals surface area contributed by atoms with Crippen molar-refractivity contribution in [2.45, 2.75) is 52.1 Å². The molecular formula is C16H26MoSi2. The average molecular weight is 370 g/mol. The van der Waals surface area contributed by atoms with Gasteiger partial charge in [-0.15, -0.1) is 12.8 Å². The van der Waals surface area contributed by atoms with Crippen LogP contribution in [0.4, 0.5) is 0 Å². The van der Waals surface area contributed by atoms with Crippen molar-refractivity contribution >= 4 is 16.1 Å². The minimum absolute atomic E-state index is 0. The van der Waals surface area contributed by atoms with E-state index >= 15 is 0 Å². The third-order valence-corrected chi connectivity index (χ3v) is 6.92. The normalized spacial score (nSPS) is 17.4. The van der Waals surface area contributed by atoms with Crippen molar-refractivity contribution in [1.29, 1.82) is 0 Å². The van der Waals surface area contributed by atoms with E-state index in [1.807, 2.05) is 0 Å². The summed E-state index contributed by atoms with van der Waals surface area (Å²) in [7, 11) is -2.01. The Balaban J connectivity index is 0.000000324. The summed E-state index contributed by atoms with van der Waals surface area (Å²) < 4.78 is 0. The van der Waals surface area contributed by atoms with Crippen LogP contribution in [-0.2, 0) is 21.1 Å². The third kappa shape index (κ3) is 6.87. The SMILES string of the molecule is C[Si](C)(C)C1=[C-]CC=C1.C[Si](C)(C)C1=[C-]CC=C1.[Mo+2]. The molecule has 0 atom stereocenters. The summed E-state index contributed by atoms with van der Waals surface area (Å²) in [5.74, 6) is 0. The molecule has 0 radical (unpaired) electrons. The zero-order chi connectivity index (χ0) is 13.8. The molecule has 0 unspecified atom stereocenters.